The molecule has 0 saturated heterocycles. The van der Waals surface area contributed by atoms with Crippen LogP contribution in [0.5, 0.6) is 0 Å². The van der Waals surface area contributed by atoms with Crippen molar-refractivity contribution < 1.29 is 0 Å². The first-order chi connectivity index (χ1) is 10.9. The zero-order chi connectivity index (χ0) is 14.8. The van der Waals surface area contributed by atoms with E-state index in [-0.39, 0.29) is 0 Å². The first-order valence-corrected chi connectivity index (χ1v) is 7.41. The number of hydrogen-bond acceptors (Lipinski definition) is 1. The van der Waals surface area contributed by atoms with Crippen LogP contribution in [0.15, 0.2) is 79.0 Å². The van der Waals surface area contributed by atoms with Gasteiger partial charge in [0, 0.05) is 17.0 Å². The van der Waals surface area contributed by atoms with E-state index in [1.807, 2.05) is 12.3 Å². The maximum absolute atomic E-state index is 4.59. The average Bonchev–Trinajstić information content (AvgIpc) is 2.60. The van der Waals surface area contributed by atoms with E-state index in [4.69, 9.17) is 0 Å². The second kappa shape index (κ2) is 5.45. The summed E-state index contributed by atoms with van der Waals surface area (Å²) in [5, 5.41) is 3.62. The summed E-state index contributed by atoms with van der Waals surface area (Å²) < 4.78 is 0. The molecule has 0 saturated carbocycles. The number of pyridine rings is 1. The highest BCUT2D eigenvalue weighted by molar-refractivity contribution is 6.07. The van der Waals surface area contributed by atoms with E-state index in [0.717, 1.165) is 5.52 Å². The van der Waals surface area contributed by atoms with Gasteiger partial charge in [-0.15, -0.1) is 0 Å². The second-order valence-electron chi connectivity index (χ2n) is 5.33. The third-order valence-electron chi connectivity index (χ3n) is 3.92. The summed E-state index contributed by atoms with van der Waals surface area (Å²) >= 11 is 0. The third kappa shape index (κ3) is 2.27. The number of fused-ring (bicyclic) bond motifs is 3. The van der Waals surface area contributed by atoms with Crippen molar-refractivity contribution in [2.75, 3.05) is 0 Å². The maximum Gasteiger partial charge on any atom is 0.0786 e. The molecule has 0 unspecified atom stereocenters. The molecule has 0 amide bonds. The zero-order valence-corrected chi connectivity index (χ0v) is 12.1. The van der Waals surface area contributed by atoms with E-state index >= 15 is 0 Å². The Labute approximate surface area is 129 Å². The summed E-state index contributed by atoms with van der Waals surface area (Å²) in [7, 11) is 0. The normalized spacial score (nSPS) is 11.5. The first kappa shape index (κ1) is 12.8. The van der Waals surface area contributed by atoms with E-state index in [2.05, 4.69) is 83.9 Å². The molecular formula is C21H15N. The number of rotatable bonds is 2. The average molecular weight is 281 g/mol. The highest BCUT2D eigenvalue weighted by atomic mass is 14.6. The van der Waals surface area contributed by atoms with Crippen molar-refractivity contribution >= 4 is 33.8 Å². The lowest BCUT2D eigenvalue weighted by molar-refractivity contribution is 1.42. The number of aromatic nitrogens is 1. The minimum atomic E-state index is 1.06. The molecule has 3 aromatic carbocycles. The minimum Gasteiger partial charge on any atom is -0.256 e. The molecule has 1 heterocycles. The molecule has 4 aromatic rings. The first-order valence-electron chi connectivity index (χ1n) is 7.41. The maximum atomic E-state index is 4.59. The summed E-state index contributed by atoms with van der Waals surface area (Å²) in [5.41, 5.74) is 3.46. The van der Waals surface area contributed by atoms with Gasteiger partial charge in [-0.25, -0.2) is 0 Å². The van der Waals surface area contributed by atoms with Crippen LogP contribution in [0, 0.1) is 0 Å². The van der Waals surface area contributed by atoms with E-state index in [9.17, 15) is 0 Å². The van der Waals surface area contributed by atoms with Crippen LogP contribution in [0.2, 0.25) is 0 Å². The van der Waals surface area contributed by atoms with Crippen LogP contribution in [0.1, 0.15) is 11.1 Å². The fourth-order valence-electron chi connectivity index (χ4n) is 2.80. The molecule has 0 N–H and O–H groups in total. The van der Waals surface area contributed by atoms with Gasteiger partial charge in [0.2, 0.25) is 0 Å². The lowest BCUT2D eigenvalue weighted by Crippen LogP contribution is -1.84. The Hall–Kier alpha value is -2.93. The number of benzene rings is 3. The molecule has 0 aliphatic carbocycles. The molecule has 0 fully saturated rings. The molecule has 0 atom stereocenters. The summed E-state index contributed by atoms with van der Waals surface area (Å²) in [5.74, 6) is 0. The highest BCUT2D eigenvalue weighted by Gasteiger charge is 2.03. The predicted molar refractivity (Wildman–Crippen MR) is 94.6 cm³/mol. The Balaban J connectivity index is 1.88. The van der Waals surface area contributed by atoms with E-state index in [0.29, 0.717) is 0 Å². The molecule has 4 rings (SSSR count). The van der Waals surface area contributed by atoms with E-state index in [1.54, 1.807) is 0 Å². The lowest BCUT2D eigenvalue weighted by Gasteiger charge is -2.05. The topological polar surface area (TPSA) is 12.9 Å². The Bertz CT molecular complexity index is 969. The Kier molecular flexibility index (Phi) is 3.17. The Morgan fingerprint density at radius 1 is 0.636 bits per heavy atom. The van der Waals surface area contributed by atoms with Gasteiger partial charge in [0.25, 0.3) is 0 Å². The van der Waals surface area contributed by atoms with Gasteiger partial charge in [-0.3, -0.25) is 4.98 Å². The molecule has 22 heavy (non-hydrogen) atoms. The van der Waals surface area contributed by atoms with Crippen LogP contribution >= 0.6 is 0 Å². The van der Waals surface area contributed by atoms with Gasteiger partial charge in [-0.2, -0.15) is 0 Å². The van der Waals surface area contributed by atoms with Crippen LogP contribution in [0.3, 0.4) is 0 Å². The van der Waals surface area contributed by atoms with Crippen LogP contribution in [0.4, 0.5) is 0 Å². The van der Waals surface area contributed by atoms with Gasteiger partial charge in [0.05, 0.1) is 5.52 Å². The zero-order valence-electron chi connectivity index (χ0n) is 12.1. The quantitative estimate of drug-likeness (QED) is 0.438. The summed E-state index contributed by atoms with van der Waals surface area (Å²) in [6.45, 7) is 0. The lowest BCUT2D eigenvalue weighted by atomic mass is 10.0. The molecule has 1 heteroatoms. The summed E-state index contributed by atoms with van der Waals surface area (Å²) in [6, 6.07) is 25.1. The molecule has 0 radical (unpaired) electrons. The highest BCUT2D eigenvalue weighted by Crippen LogP contribution is 2.26. The molecule has 0 aliphatic rings. The Morgan fingerprint density at radius 2 is 1.45 bits per heavy atom. The van der Waals surface area contributed by atoms with Gasteiger partial charge < -0.3 is 0 Å². The van der Waals surface area contributed by atoms with Crippen LogP contribution in [-0.4, -0.2) is 4.98 Å². The van der Waals surface area contributed by atoms with E-state index in [1.165, 1.54) is 27.3 Å². The summed E-state index contributed by atoms with van der Waals surface area (Å²) in [6.07, 6.45) is 6.19. The monoisotopic (exact) mass is 281 g/mol. The van der Waals surface area contributed by atoms with Crippen molar-refractivity contribution in [3.05, 3.63) is 90.1 Å². The van der Waals surface area contributed by atoms with Gasteiger partial charge in [-0.1, -0.05) is 78.9 Å². The van der Waals surface area contributed by atoms with Crippen molar-refractivity contribution in [2.24, 2.45) is 0 Å². The van der Waals surface area contributed by atoms with Crippen molar-refractivity contribution in [1.82, 2.24) is 4.98 Å². The smallest absolute Gasteiger partial charge is 0.0786 e. The molecule has 0 aliphatic heterocycles. The molecule has 1 nitrogen and oxygen atoms in total. The van der Waals surface area contributed by atoms with Crippen molar-refractivity contribution in [3.63, 3.8) is 0 Å². The molecule has 104 valence electrons. The summed E-state index contributed by atoms with van der Waals surface area (Å²) in [4.78, 5) is 4.59. The largest absolute Gasteiger partial charge is 0.256 e. The SMILES string of the molecule is C(=C\c1ccnc2c1ccc1ccccc12)/c1ccccc1. The van der Waals surface area contributed by atoms with Gasteiger partial charge in [0.1, 0.15) is 0 Å². The predicted octanol–water partition coefficient (Wildman–Crippen LogP) is 5.56. The molecule has 1 aromatic heterocycles. The van der Waals surface area contributed by atoms with E-state index < -0.39 is 0 Å². The standard InChI is InChI=1S/C21H15N/c1-2-6-16(7-3-1)10-11-18-14-15-22-21-19-9-5-4-8-17(19)12-13-20(18)21/h1-15H/b11-10+. The third-order valence-corrected chi connectivity index (χ3v) is 3.92. The second-order valence-corrected chi connectivity index (χ2v) is 5.33. The van der Waals surface area contributed by atoms with Gasteiger partial charge in [-0.05, 0) is 22.6 Å². The van der Waals surface area contributed by atoms with Crippen molar-refractivity contribution in [2.45, 2.75) is 0 Å². The molecular weight excluding hydrogens is 266 g/mol. The van der Waals surface area contributed by atoms with Crippen LogP contribution < -0.4 is 0 Å². The Morgan fingerprint density at radius 3 is 2.36 bits per heavy atom. The van der Waals surface area contributed by atoms with Gasteiger partial charge in [0.15, 0.2) is 0 Å². The molecule has 0 spiro atoms. The van der Waals surface area contributed by atoms with Crippen LogP contribution in [0.25, 0.3) is 33.8 Å². The van der Waals surface area contributed by atoms with Gasteiger partial charge >= 0.3 is 0 Å². The molecule has 0 bridgehead atoms. The number of nitrogens with zero attached hydrogens (tertiary/aromatic N) is 1. The fourth-order valence-corrected chi connectivity index (χ4v) is 2.80. The number of hydrogen-bond donors (Lipinski definition) is 0. The van der Waals surface area contributed by atoms with Crippen molar-refractivity contribution in [3.8, 4) is 0 Å². The minimum absolute atomic E-state index is 1.06. The van der Waals surface area contributed by atoms with Crippen molar-refractivity contribution in [1.29, 1.82) is 0 Å². The van der Waals surface area contributed by atoms with Crippen LogP contribution in [-0.2, 0) is 0 Å². The fraction of sp³-hybridized carbons (Fsp3) is 0.